The largest absolute Gasteiger partial charge is 0.480 e. The Morgan fingerprint density at radius 2 is 1.81 bits per heavy atom. The summed E-state index contributed by atoms with van der Waals surface area (Å²) in [5, 5.41) is 11.2. The van der Waals surface area contributed by atoms with Gasteiger partial charge < -0.3 is 15.3 Å². The molecule has 0 saturated carbocycles. The first-order chi connectivity index (χ1) is 9.90. The van der Waals surface area contributed by atoms with Gasteiger partial charge in [-0.15, -0.1) is 0 Å². The Hall–Kier alpha value is -2.25. The third kappa shape index (κ3) is 3.26. The third-order valence-electron chi connectivity index (χ3n) is 3.28. The van der Waals surface area contributed by atoms with Crippen molar-refractivity contribution in [3.05, 3.63) is 29.6 Å². The predicted molar refractivity (Wildman–Crippen MR) is 67.3 cm³/mol. The van der Waals surface area contributed by atoms with Crippen LogP contribution in [0.3, 0.4) is 0 Å². The molecule has 2 rings (SSSR count). The van der Waals surface area contributed by atoms with E-state index in [0.29, 0.717) is 31.4 Å². The highest BCUT2D eigenvalue weighted by Crippen LogP contribution is 2.21. The zero-order chi connectivity index (χ0) is 15.6. The number of likely N-dealkylation sites (tertiary alicyclic amines) is 1. The summed E-state index contributed by atoms with van der Waals surface area (Å²) in [4.78, 5) is 24.2. The SMILES string of the molecule is O=C(O)C1CCCCN1C(=O)Nc1cc(F)c(F)c(F)c1. The number of nitrogens with zero attached hydrogens (tertiary/aromatic N) is 1. The summed E-state index contributed by atoms with van der Waals surface area (Å²) < 4.78 is 38.9. The first kappa shape index (κ1) is 15.1. The van der Waals surface area contributed by atoms with E-state index in [1.165, 1.54) is 0 Å². The molecule has 1 heterocycles. The van der Waals surface area contributed by atoms with Crippen molar-refractivity contribution in [1.29, 1.82) is 0 Å². The average molecular weight is 302 g/mol. The normalized spacial score (nSPS) is 18.4. The number of hydrogen-bond acceptors (Lipinski definition) is 2. The fourth-order valence-electron chi connectivity index (χ4n) is 2.25. The Morgan fingerprint density at radius 3 is 2.38 bits per heavy atom. The summed E-state index contributed by atoms with van der Waals surface area (Å²) in [6.45, 7) is 0.231. The van der Waals surface area contributed by atoms with Crippen LogP contribution in [0.4, 0.5) is 23.7 Å². The zero-order valence-corrected chi connectivity index (χ0v) is 10.9. The van der Waals surface area contributed by atoms with Gasteiger partial charge in [-0.25, -0.2) is 22.8 Å². The van der Waals surface area contributed by atoms with Crippen LogP contribution in [0.1, 0.15) is 19.3 Å². The lowest BCUT2D eigenvalue weighted by atomic mass is 10.0. The summed E-state index contributed by atoms with van der Waals surface area (Å²) >= 11 is 0. The molecule has 1 saturated heterocycles. The van der Waals surface area contributed by atoms with Crippen molar-refractivity contribution >= 4 is 17.7 Å². The predicted octanol–water partition coefficient (Wildman–Crippen LogP) is 2.57. The topological polar surface area (TPSA) is 69.6 Å². The van der Waals surface area contributed by atoms with Crippen LogP contribution < -0.4 is 5.32 Å². The maximum absolute atomic E-state index is 13.1. The first-order valence-corrected chi connectivity index (χ1v) is 6.35. The number of piperidine rings is 1. The van der Waals surface area contributed by atoms with Crippen LogP contribution in [0, 0.1) is 17.5 Å². The maximum Gasteiger partial charge on any atom is 0.326 e. The van der Waals surface area contributed by atoms with Crippen LogP contribution >= 0.6 is 0 Å². The Balaban J connectivity index is 2.15. The smallest absolute Gasteiger partial charge is 0.326 e. The second kappa shape index (κ2) is 6.02. The van der Waals surface area contributed by atoms with Gasteiger partial charge in [0.25, 0.3) is 0 Å². The Labute approximate surface area is 118 Å². The van der Waals surface area contributed by atoms with E-state index in [2.05, 4.69) is 5.32 Å². The molecular formula is C13H13F3N2O3. The maximum atomic E-state index is 13.1. The van der Waals surface area contributed by atoms with Crippen LogP contribution in [-0.4, -0.2) is 34.6 Å². The monoisotopic (exact) mass is 302 g/mol. The molecule has 5 nitrogen and oxygen atoms in total. The molecule has 114 valence electrons. The van der Waals surface area contributed by atoms with Gasteiger partial charge in [0.15, 0.2) is 17.5 Å². The van der Waals surface area contributed by atoms with Crippen molar-refractivity contribution < 1.29 is 27.9 Å². The van der Waals surface area contributed by atoms with Crippen molar-refractivity contribution in [2.45, 2.75) is 25.3 Å². The molecule has 0 aromatic heterocycles. The minimum absolute atomic E-state index is 0.231. The lowest BCUT2D eigenvalue weighted by Crippen LogP contribution is -2.49. The molecule has 1 aliphatic heterocycles. The molecule has 0 aliphatic carbocycles. The van der Waals surface area contributed by atoms with Gasteiger partial charge in [-0.05, 0) is 19.3 Å². The van der Waals surface area contributed by atoms with Gasteiger partial charge in [-0.2, -0.15) is 0 Å². The second-order valence-electron chi connectivity index (χ2n) is 4.73. The summed E-state index contributed by atoms with van der Waals surface area (Å²) in [5.74, 6) is -5.63. The fraction of sp³-hybridized carbons (Fsp3) is 0.385. The highest BCUT2D eigenvalue weighted by molar-refractivity contribution is 5.92. The van der Waals surface area contributed by atoms with Crippen molar-refractivity contribution in [2.24, 2.45) is 0 Å². The quantitative estimate of drug-likeness (QED) is 0.825. The molecule has 0 spiro atoms. The lowest BCUT2D eigenvalue weighted by Gasteiger charge is -2.32. The molecule has 21 heavy (non-hydrogen) atoms. The number of carboxylic acids is 1. The third-order valence-corrected chi connectivity index (χ3v) is 3.28. The summed E-state index contributed by atoms with van der Waals surface area (Å²) in [6, 6.07) is -0.493. The lowest BCUT2D eigenvalue weighted by molar-refractivity contribution is -0.143. The summed E-state index contributed by atoms with van der Waals surface area (Å²) in [6.07, 6.45) is 1.64. The average Bonchev–Trinajstić information content (AvgIpc) is 2.44. The Bertz CT molecular complexity index is 557. The molecule has 1 aromatic carbocycles. The highest BCUT2D eigenvalue weighted by atomic mass is 19.2. The van der Waals surface area contributed by atoms with Crippen LogP contribution in [0.5, 0.6) is 0 Å². The van der Waals surface area contributed by atoms with Crippen molar-refractivity contribution in [2.75, 3.05) is 11.9 Å². The van der Waals surface area contributed by atoms with Crippen LogP contribution in [0.15, 0.2) is 12.1 Å². The van der Waals surface area contributed by atoms with Crippen LogP contribution in [0.25, 0.3) is 0 Å². The number of anilines is 1. The Morgan fingerprint density at radius 1 is 1.19 bits per heavy atom. The number of aliphatic carboxylic acids is 1. The number of carboxylic acid groups (broad SMARTS) is 1. The molecule has 0 bridgehead atoms. The van der Waals surface area contributed by atoms with Crippen molar-refractivity contribution in [1.82, 2.24) is 4.90 Å². The van der Waals surface area contributed by atoms with E-state index in [4.69, 9.17) is 5.11 Å². The van der Waals surface area contributed by atoms with Crippen molar-refractivity contribution in [3.8, 4) is 0 Å². The number of benzene rings is 1. The minimum Gasteiger partial charge on any atom is -0.480 e. The highest BCUT2D eigenvalue weighted by Gasteiger charge is 2.32. The number of halogens is 3. The molecule has 2 amide bonds. The second-order valence-corrected chi connectivity index (χ2v) is 4.73. The van der Waals surface area contributed by atoms with Gasteiger partial charge in [-0.3, -0.25) is 0 Å². The number of carbonyl (C=O) groups is 2. The van der Waals surface area contributed by atoms with E-state index >= 15 is 0 Å². The molecule has 1 aromatic rings. The number of carbonyl (C=O) groups excluding carboxylic acids is 1. The zero-order valence-electron chi connectivity index (χ0n) is 10.9. The van der Waals surface area contributed by atoms with Crippen LogP contribution in [-0.2, 0) is 4.79 Å². The Kier molecular flexibility index (Phi) is 4.35. The molecule has 0 radical (unpaired) electrons. The van der Waals surface area contributed by atoms with E-state index in [1.807, 2.05) is 0 Å². The van der Waals surface area contributed by atoms with Gasteiger partial charge >= 0.3 is 12.0 Å². The standard InChI is InChI=1S/C13H13F3N2O3/c14-8-5-7(6-9(15)11(8)16)17-13(21)18-4-2-1-3-10(18)12(19)20/h5-6,10H,1-4H2,(H,17,21)(H,19,20). The van der Waals surface area contributed by atoms with E-state index in [0.717, 1.165) is 4.90 Å². The van der Waals surface area contributed by atoms with E-state index < -0.39 is 35.5 Å². The molecule has 1 atom stereocenters. The first-order valence-electron chi connectivity index (χ1n) is 6.35. The van der Waals surface area contributed by atoms with Crippen molar-refractivity contribution in [3.63, 3.8) is 0 Å². The van der Waals surface area contributed by atoms with Gasteiger partial charge in [0, 0.05) is 24.4 Å². The van der Waals surface area contributed by atoms with Gasteiger partial charge in [0.05, 0.1) is 0 Å². The number of nitrogens with one attached hydrogen (secondary N) is 1. The molecule has 1 aliphatic rings. The van der Waals surface area contributed by atoms with Gasteiger partial charge in [-0.1, -0.05) is 0 Å². The van der Waals surface area contributed by atoms with Gasteiger partial charge in [0.1, 0.15) is 6.04 Å². The molecule has 2 N–H and O–H groups in total. The molecular weight excluding hydrogens is 289 g/mol. The van der Waals surface area contributed by atoms with E-state index in [1.54, 1.807) is 0 Å². The number of rotatable bonds is 2. The molecule has 1 unspecified atom stereocenters. The minimum atomic E-state index is -1.63. The number of urea groups is 1. The molecule has 1 fully saturated rings. The fourth-order valence-corrected chi connectivity index (χ4v) is 2.25. The van der Waals surface area contributed by atoms with Crippen LogP contribution in [0.2, 0.25) is 0 Å². The van der Waals surface area contributed by atoms with E-state index in [9.17, 15) is 22.8 Å². The summed E-state index contributed by atoms with van der Waals surface area (Å²) in [5.41, 5.74) is -0.272. The van der Waals surface area contributed by atoms with E-state index in [-0.39, 0.29) is 12.2 Å². The summed E-state index contributed by atoms with van der Waals surface area (Å²) in [7, 11) is 0. The van der Waals surface area contributed by atoms with Gasteiger partial charge in [0.2, 0.25) is 0 Å². The number of amides is 2. The molecule has 8 heteroatoms. The number of hydrogen-bond donors (Lipinski definition) is 2.